The predicted octanol–water partition coefficient (Wildman–Crippen LogP) is -5.15. The number of carbonyl (C=O) groups is 19. The van der Waals surface area contributed by atoms with Crippen LogP contribution in [0.25, 0.3) is 10.9 Å². The summed E-state index contributed by atoms with van der Waals surface area (Å²) in [5, 5.41) is 80.0. The van der Waals surface area contributed by atoms with E-state index in [-0.39, 0.29) is 43.5 Å². The number of rotatable bonds is 35. The van der Waals surface area contributed by atoms with Gasteiger partial charge in [-0.15, -0.1) is 0 Å². The molecule has 0 radical (unpaired) electrons. The lowest BCUT2D eigenvalue weighted by Gasteiger charge is -2.30. The number of unbranched alkanes of at least 4 members (excludes halogenated alkanes) is 6. The molecule has 13 amide bonds. The van der Waals surface area contributed by atoms with Crippen LogP contribution in [0.2, 0.25) is 0 Å². The molecule has 13 atom stereocenters. The molecule has 0 saturated carbocycles. The molecule has 3 aromatic rings. The smallest absolute Gasteiger partial charge is 0.323 e. The number of ketones is 1. The lowest BCUT2D eigenvalue weighted by Crippen LogP contribution is -2.61. The van der Waals surface area contributed by atoms with E-state index >= 15 is 0 Å². The van der Waals surface area contributed by atoms with Crippen LogP contribution in [0, 0.1) is 5.92 Å². The van der Waals surface area contributed by atoms with Gasteiger partial charge in [-0.05, 0) is 69.3 Å². The van der Waals surface area contributed by atoms with Crippen LogP contribution in [0.3, 0.4) is 0 Å². The zero-order chi connectivity index (χ0) is 84.9. The van der Waals surface area contributed by atoms with Gasteiger partial charge >= 0.3 is 29.8 Å². The number of aliphatic hydroxyl groups excluding tert-OH is 1. The van der Waals surface area contributed by atoms with E-state index in [0.29, 0.717) is 29.3 Å². The number of para-hydroxylation sites is 2. The first kappa shape index (κ1) is 94.2. The molecule has 1 saturated heterocycles. The Balaban J connectivity index is 1.85. The van der Waals surface area contributed by atoms with Crippen LogP contribution in [-0.2, 0) is 97.5 Å². The molecule has 0 bridgehead atoms. The Labute approximate surface area is 653 Å². The molecule has 42 nitrogen and oxygen atoms in total. The number of carboxylic acids is 4. The van der Waals surface area contributed by atoms with Crippen molar-refractivity contribution in [2.45, 2.75) is 209 Å². The van der Waals surface area contributed by atoms with Crippen molar-refractivity contribution in [3.63, 3.8) is 0 Å². The zero-order valence-electron chi connectivity index (χ0n) is 63.4. The monoisotopic (exact) mass is 1610 g/mol. The van der Waals surface area contributed by atoms with Gasteiger partial charge in [-0.25, -0.2) is 0 Å². The average molecular weight is 1610 g/mol. The molecule has 42 heteroatoms. The molecule has 114 heavy (non-hydrogen) atoms. The summed E-state index contributed by atoms with van der Waals surface area (Å²) in [7, 11) is 0. The van der Waals surface area contributed by atoms with Crippen LogP contribution in [0.15, 0.2) is 54.7 Å². The number of aromatic amines is 1. The maximum Gasteiger partial charge on any atom is 0.323 e. The maximum atomic E-state index is 14.8. The molecule has 0 unspecified atom stereocenters. The molecular formula is C72H103N17O25. The SMILES string of the molecule is CCCCCCCCCC(=O)N[C@@H](Cc1c[nH]c2ccccc12)C(=O)N[C@@H](CC(N)=O)C(=O)N[C@@H](CC(=O)O)C(=O)N[C@@H]1C(=O)NCC(=O)N[C@@H](CCCN)C(=O)N[C@@H](CC(=O)O)C(=O)N[C@H](C)C(=O)N[C@@H](CC(=O)O)C(=O)NCC(=O)N[C@H](CO)C(=O)N[C@@H]([C@@H](C)CC(=O)O)CN[C@@H](CC(=O)c2ccccc2N)C(=O)O[C@@H]1C. The number of Topliss-reactive ketones (excluding diaryl/α,β-unsaturated/α-hetero) is 1. The summed E-state index contributed by atoms with van der Waals surface area (Å²) in [6.07, 6.45) is -1.47. The zero-order valence-corrected chi connectivity index (χ0v) is 63.4. The van der Waals surface area contributed by atoms with Crippen LogP contribution in [-0.4, -0.2) is 248 Å². The Hall–Kier alpha value is -12.2. The molecule has 2 heterocycles. The quantitative estimate of drug-likeness (QED) is 0.0113. The summed E-state index contributed by atoms with van der Waals surface area (Å²) in [5.41, 5.74) is 18.4. The number of aliphatic hydroxyl groups is 1. The molecule has 25 N–H and O–H groups in total. The average Bonchev–Trinajstić information content (AvgIpc) is 1.68. The van der Waals surface area contributed by atoms with Crippen LogP contribution in [0.1, 0.15) is 146 Å². The van der Waals surface area contributed by atoms with Gasteiger partial charge in [0, 0.05) is 66.6 Å². The fourth-order valence-electron chi connectivity index (χ4n) is 11.8. The second-order valence-corrected chi connectivity index (χ2v) is 27.3. The third-order valence-corrected chi connectivity index (χ3v) is 18.0. The number of carbonyl (C=O) groups excluding carboxylic acids is 15. The number of nitrogens with one attached hydrogen (secondary N) is 14. The number of hydrogen-bond acceptors (Lipinski definition) is 24. The lowest BCUT2D eigenvalue weighted by atomic mass is 9.96. The van der Waals surface area contributed by atoms with Gasteiger partial charge in [0.05, 0.1) is 45.4 Å². The number of primary amides is 1. The van der Waals surface area contributed by atoms with Crippen molar-refractivity contribution in [1.82, 2.24) is 74.1 Å². The number of cyclic esters (lactones) is 1. The van der Waals surface area contributed by atoms with Crippen LogP contribution < -0.4 is 86.3 Å². The molecule has 626 valence electrons. The van der Waals surface area contributed by atoms with Crippen molar-refractivity contribution in [3.8, 4) is 0 Å². The van der Waals surface area contributed by atoms with Crippen molar-refractivity contribution >= 4 is 129 Å². The van der Waals surface area contributed by atoms with Crippen LogP contribution >= 0.6 is 0 Å². The summed E-state index contributed by atoms with van der Waals surface area (Å²) in [5.74, 6) is -26.6. The molecule has 1 aliphatic rings. The highest BCUT2D eigenvalue weighted by molar-refractivity contribution is 6.04. The number of aliphatic carboxylic acids is 4. The molecule has 1 fully saturated rings. The fraction of sp³-hybridized carbons (Fsp3) is 0.542. The fourth-order valence-corrected chi connectivity index (χ4v) is 11.8. The van der Waals surface area contributed by atoms with E-state index in [1.165, 1.54) is 31.2 Å². The van der Waals surface area contributed by atoms with Gasteiger partial charge < -0.3 is 122 Å². The van der Waals surface area contributed by atoms with Crippen molar-refractivity contribution in [1.29, 1.82) is 0 Å². The molecular weight excluding hydrogens is 1500 g/mol. The number of ether oxygens (including phenoxy) is 1. The summed E-state index contributed by atoms with van der Waals surface area (Å²) < 4.78 is 5.78. The van der Waals surface area contributed by atoms with E-state index in [4.69, 9.17) is 21.9 Å². The van der Waals surface area contributed by atoms with Gasteiger partial charge in [-0.1, -0.05) is 82.7 Å². The molecule has 0 spiro atoms. The number of esters is 1. The van der Waals surface area contributed by atoms with Crippen molar-refractivity contribution in [2.24, 2.45) is 17.4 Å². The van der Waals surface area contributed by atoms with Crippen LogP contribution in [0.4, 0.5) is 5.69 Å². The topological polar surface area (TPSA) is 685 Å². The number of nitrogens with two attached hydrogens (primary N) is 3. The van der Waals surface area contributed by atoms with E-state index in [1.54, 1.807) is 30.5 Å². The van der Waals surface area contributed by atoms with Gasteiger partial charge in [-0.2, -0.15) is 0 Å². The number of fused-ring (bicyclic) bond motifs is 1. The molecule has 1 aromatic heterocycles. The van der Waals surface area contributed by atoms with Gasteiger partial charge in [0.15, 0.2) is 5.78 Å². The third-order valence-electron chi connectivity index (χ3n) is 18.0. The van der Waals surface area contributed by atoms with Gasteiger partial charge in [0.1, 0.15) is 66.5 Å². The van der Waals surface area contributed by atoms with Crippen molar-refractivity contribution in [3.05, 3.63) is 65.9 Å². The molecule has 1 aliphatic heterocycles. The number of amides is 13. The van der Waals surface area contributed by atoms with E-state index in [2.05, 4.69) is 75.7 Å². The normalized spacial score (nSPS) is 21.3. The maximum absolute atomic E-state index is 14.8. The Bertz CT molecular complexity index is 3950. The minimum atomic E-state index is -2.36. The number of benzene rings is 2. The first-order chi connectivity index (χ1) is 53.9. The van der Waals surface area contributed by atoms with Gasteiger partial charge in [-0.3, -0.25) is 91.1 Å². The predicted molar refractivity (Wildman–Crippen MR) is 400 cm³/mol. The number of carboxylic acid groups (broad SMARTS) is 4. The number of hydrogen-bond donors (Lipinski definition) is 22. The standard InChI is InChI=1S/C72H103N17O25/c1-5-6-7-8-9-10-11-22-55(93)82-45(25-39-31-76-43-20-15-13-17-40(39)43)67(108)85-46(27-54(75)92)68(109)87-49(30-61(102)103)69(110)89-62-38(4)114-72(113)50(26-53(91)41-18-12-14-19-42(41)74)77-32-51(36(2)24-58(96)97)88-70(111)52(35-90)83-57(95)33-78-64(105)47(28-59(98)99)84-63(104)37(3)80-66(107)48(29-60(100)101)86-65(106)44(21-16-23-73)81-56(94)34-79-71(62)112/h12-15,17-20,31,36-38,44-52,62,76-77,90H,5-11,16,21-30,32-35,73-74H2,1-4H3,(H2,75,92)(H,78,105)(H,79,112)(H,80,107)(H,81,94)(H,82,93)(H,83,95)(H,84,104)(H,85,108)(H,86,106)(H,87,109)(H,88,111)(H,89,110)(H,96,97)(H,98,99)(H,100,101)(H,102,103)/t36-,37+,38+,44-,45-,46-,47-,48-,49-,50-,51+,52+,62-/m0/s1. The summed E-state index contributed by atoms with van der Waals surface area (Å²) in [6, 6.07) is -8.72. The Morgan fingerprint density at radius 1 is 0.570 bits per heavy atom. The van der Waals surface area contributed by atoms with E-state index in [0.717, 1.165) is 46.0 Å². The number of nitrogen functional groups attached to an aromatic ring is 1. The Kier molecular flexibility index (Phi) is 39.5. The second-order valence-electron chi connectivity index (χ2n) is 27.3. The van der Waals surface area contributed by atoms with Crippen molar-refractivity contribution in [2.75, 3.05) is 38.5 Å². The lowest BCUT2D eigenvalue weighted by molar-refractivity contribution is -0.155. The highest BCUT2D eigenvalue weighted by atomic mass is 16.5. The van der Waals surface area contributed by atoms with Gasteiger partial charge in [0.25, 0.3) is 0 Å². The van der Waals surface area contributed by atoms with E-state index in [9.17, 15) is 117 Å². The summed E-state index contributed by atoms with van der Waals surface area (Å²) >= 11 is 0. The van der Waals surface area contributed by atoms with Gasteiger partial charge in [0.2, 0.25) is 76.8 Å². The molecule has 0 aliphatic carbocycles. The van der Waals surface area contributed by atoms with E-state index in [1.807, 2.05) is 5.32 Å². The second kappa shape index (κ2) is 47.9. The molecule has 4 rings (SSSR count). The number of anilines is 1. The summed E-state index contributed by atoms with van der Waals surface area (Å²) in [6.45, 7) is 0.979. The van der Waals surface area contributed by atoms with E-state index < -0.39 is 256 Å². The third kappa shape index (κ3) is 32.6. The minimum absolute atomic E-state index is 0.00439. The first-order valence-electron chi connectivity index (χ1n) is 36.8. The minimum Gasteiger partial charge on any atom is -0.481 e. The Morgan fingerprint density at radius 3 is 1.73 bits per heavy atom. The highest BCUT2D eigenvalue weighted by Crippen LogP contribution is 2.21. The number of aromatic nitrogens is 1. The summed E-state index contributed by atoms with van der Waals surface area (Å²) in [4.78, 5) is 261. The highest BCUT2D eigenvalue weighted by Gasteiger charge is 2.40. The largest absolute Gasteiger partial charge is 0.481 e. The Morgan fingerprint density at radius 2 is 1.12 bits per heavy atom. The molecule has 2 aromatic carbocycles. The first-order valence-corrected chi connectivity index (χ1v) is 36.8. The van der Waals surface area contributed by atoms with Crippen LogP contribution in [0.5, 0.6) is 0 Å². The number of H-pyrrole nitrogens is 1. The van der Waals surface area contributed by atoms with Crippen molar-refractivity contribution < 1.29 is 121 Å².